The van der Waals surface area contributed by atoms with Crippen molar-refractivity contribution in [3.05, 3.63) is 92.9 Å². The van der Waals surface area contributed by atoms with Crippen LogP contribution in [0.4, 0.5) is 5.69 Å². The third kappa shape index (κ3) is 5.22. The van der Waals surface area contributed by atoms with Crippen LogP contribution in [0.5, 0.6) is 5.75 Å². The molecule has 3 aromatic carbocycles. The number of hydrogen-bond acceptors (Lipinski definition) is 7. The lowest BCUT2D eigenvalue weighted by Gasteiger charge is -2.38. The molecule has 9 heteroatoms. The van der Waals surface area contributed by atoms with E-state index in [2.05, 4.69) is 37.2 Å². The number of benzene rings is 3. The van der Waals surface area contributed by atoms with Crippen LogP contribution < -0.4 is 10.1 Å². The zero-order valence-electron chi connectivity index (χ0n) is 19.0. The largest absolute Gasteiger partial charge is 0.469 e. The summed E-state index contributed by atoms with van der Waals surface area (Å²) in [4.78, 5) is 25.9. The van der Waals surface area contributed by atoms with Crippen molar-refractivity contribution < 1.29 is 28.5 Å². The number of para-hydroxylation sites is 1. The third-order valence-corrected chi connectivity index (χ3v) is 6.75. The summed E-state index contributed by atoms with van der Waals surface area (Å²) in [5, 5.41) is 3.46. The van der Waals surface area contributed by atoms with E-state index in [0.717, 1.165) is 14.6 Å². The van der Waals surface area contributed by atoms with Gasteiger partial charge >= 0.3 is 11.9 Å². The van der Waals surface area contributed by atoms with Gasteiger partial charge in [0, 0.05) is 20.2 Å². The Kier molecular flexibility index (Phi) is 7.78. The second kappa shape index (κ2) is 10.8. The molecule has 0 amide bonds. The Morgan fingerprint density at radius 1 is 0.914 bits per heavy atom. The smallest absolute Gasteiger partial charge is 0.345 e. The zero-order valence-corrected chi connectivity index (χ0v) is 22.2. The van der Waals surface area contributed by atoms with E-state index in [9.17, 15) is 9.59 Å². The Labute approximate surface area is 220 Å². The summed E-state index contributed by atoms with van der Waals surface area (Å²) in [6.07, 6.45) is -1.35. The predicted molar refractivity (Wildman–Crippen MR) is 137 cm³/mol. The minimum absolute atomic E-state index is 0.231. The van der Waals surface area contributed by atoms with Crippen molar-refractivity contribution >= 4 is 49.5 Å². The number of rotatable bonds is 6. The fourth-order valence-corrected chi connectivity index (χ4v) is 4.58. The predicted octanol–water partition coefficient (Wildman–Crippen LogP) is 5.73. The molecule has 0 bridgehead atoms. The van der Waals surface area contributed by atoms with Crippen molar-refractivity contribution in [3.63, 3.8) is 0 Å². The minimum atomic E-state index is -1.71. The molecule has 1 aliphatic rings. The average Bonchev–Trinajstić information content (AvgIpc) is 3.00. The standard InChI is InChI=1S/C26H23Br2NO6/c1-32-22(30)15-23-34-21-6-4-3-5-20(21)24(29-19-13-11-18(28)12-14-19)26(35-23,25(31)33-2)16-7-9-17(27)10-8-16/h3-14,23-24,29H,15H2,1-2H3/t23-,24+,26+/m0/s1. The average molecular weight is 605 g/mol. The number of esters is 2. The van der Waals surface area contributed by atoms with Gasteiger partial charge in [0.25, 0.3) is 0 Å². The molecular weight excluding hydrogens is 582 g/mol. The second-order valence-corrected chi connectivity index (χ2v) is 9.63. The van der Waals surface area contributed by atoms with Crippen molar-refractivity contribution in [2.75, 3.05) is 19.5 Å². The monoisotopic (exact) mass is 603 g/mol. The van der Waals surface area contributed by atoms with Crippen LogP contribution in [-0.4, -0.2) is 32.4 Å². The SMILES string of the molecule is COC(=O)C[C@H]1Oc2ccccc2[C@@H](Nc2ccc(Br)cc2)[C@@](C(=O)OC)(c2ccc(Br)cc2)O1. The van der Waals surface area contributed by atoms with Crippen molar-refractivity contribution in [3.8, 4) is 5.75 Å². The molecule has 0 unspecified atom stereocenters. The first kappa shape index (κ1) is 25.2. The van der Waals surface area contributed by atoms with Crippen molar-refractivity contribution in [2.24, 2.45) is 0 Å². The van der Waals surface area contributed by atoms with Crippen LogP contribution in [0.1, 0.15) is 23.6 Å². The van der Waals surface area contributed by atoms with Crippen LogP contribution >= 0.6 is 31.9 Å². The highest BCUT2D eigenvalue weighted by atomic mass is 79.9. The summed E-state index contributed by atoms with van der Waals surface area (Å²) in [7, 11) is 2.59. The summed E-state index contributed by atoms with van der Waals surface area (Å²) < 4.78 is 24.5. The van der Waals surface area contributed by atoms with Gasteiger partial charge in [0.05, 0.1) is 20.3 Å². The number of hydrogen-bond donors (Lipinski definition) is 1. The third-order valence-electron chi connectivity index (χ3n) is 5.69. The van der Waals surface area contributed by atoms with E-state index in [1.807, 2.05) is 54.6 Å². The van der Waals surface area contributed by atoms with Gasteiger partial charge in [0.2, 0.25) is 11.9 Å². The van der Waals surface area contributed by atoms with E-state index in [1.54, 1.807) is 18.2 Å². The molecule has 0 spiro atoms. The first-order valence-electron chi connectivity index (χ1n) is 10.7. The number of methoxy groups -OCH3 is 2. The minimum Gasteiger partial charge on any atom is -0.469 e. The van der Waals surface area contributed by atoms with Crippen molar-refractivity contribution in [1.82, 2.24) is 0 Å². The van der Waals surface area contributed by atoms with Gasteiger partial charge in [-0.2, -0.15) is 0 Å². The van der Waals surface area contributed by atoms with Gasteiger partial charge in [-0.05, 0) is 48.0 Å². The van der Waals surface area contributed by atoms with E-state index >= 15 is 0 Å². The summed E-state index contributed by atoms with van der Waals surface area (Å²) in [5.41, 5.74) is 0.218. The Morgan fingerprint density at radius 2 is 1.54 bits per heavy atom. The van der Waals surface area contributed by atoms with Gasteiger partial charge in [-0.3, -0.25) is 4.79 Å². The Balaban J connectivity index is 1.96. The molecule has 3 atom stereocenters. The number of anilines is 1. The molecule has 3 aromatic rings. The molecule has 182 valence electrons. The number of fused-ring (bicyclic) bond motifs is 1. The van der Waals surface area contributed by atoms with E-state index in [-0.39, 0.29) is 6.42 Å². The van der Waals surface area contributed by atoms with Crippen LogP contribution in [0.3, 0.4) is 0 Å². The number of ether oxygens (including phenoxy) is 4. The van der Waals surface area contributed by atoms with E-state index in [1.165, 1.54) is 14.2 Å². The highest BCUT2D eigenvalue weighted by Gasteiger charge is 2.55. The lowest BCUT2D eigenvalue weighted by molar-refractivity contribution is -0.209. The van der Waals surface area contributed by atoms with Gasteiger partial charge in [-0.15, -0.1) is 0 Å². The maximum atomic E-state index is 13.7. The summed E-state index contributed by atoms with van der Waals surface area (Å²) in [6, 6.07) is 21.2. The summed E-state index contributed by atoms with van der Waals surface area (Å²) in [5.74, 6) is -0.718. The van der Waals surface area contributed by atoms with Gasteiger partial charge in [0.1, 0.15) is 12.2 Å². The number of carbonyl (C=O) groups is 2. The van der Waals surface area contributed by atoms with Crippen molar-refractivity contribution in [2.45, 2.75) is 24.4 Å². The first-order valence-corrected chi connectivity index (χ1v) is 12.3. The first-order chi connectivity index (χ1) is 16.9. The highest BCUT2D eigenvalue weighted by Crippen LogP contribution is 2.48. The molecule has 35 heavy (non-hydrogen) atoms. The summed E-state index contributed by atoms with van der Waals surface area (Å²) >= 11 is 6.90. The molecule has 1 N–H and O–H groups in total. The molecule has 1 heterocycles. The highest BCUT2D eigenvalue weighted by molar-refractivity contribution is 9.10. The van der Waals surface area contributed by atoms with E-state index in [0.29, 0.717) is 16.9 Å². The molecular formula is C26H23Br2NO6. The van der Waals surface area contributed by atoms with Crippen LogP contribution in [0.25, 0.3) is 0 Å². The number of halogens is 2. The maximum absolute atomic E-state index is 13.7. The lowest BCUT2D eigenvalue weighted by atomic mass is 9.81. The summed E-state index contributed by atoms with van der Waals surface area (Å²) in [6.45, 7) is 0. The quantitative estimate of drug-likeness (QED) is 0.360. The Morgan fingerprint density at radius 3 is 2.17 bits per heavy atom. The molecule has 4 rings (SSSR count). The topological polar surface area (TPSA) is 83.1 Å². The van der Waals surface area contributed by atoms with E-state index in [4.69, 9.17) is 18.9 Å². The zero-order chi connectivity index (χ0) is 25.0. The van der Waals surface area contributed by atoms with Gasteiger partial charge < -0.3 is 24.3 Å². The van der Waals surface area contributed by atoms with Gasteiger partial charge in [-0.25, -0.2) is 4.79 Å². The van der Waals surface area contributed by atoms with Crippen molar-refractivity contribution in [1.29, 1.82) is 0 Å². The van der Waals surface area contributed by atoms with Gasteiger partial charge in [0.15, 0.2) is 0 Å². The molecule has 7 nitrogen and oxygen atoms in total. The molecule has 0 saturated heterocycles. The van der Waals surface area contributed by atoms with Gasteiger partial charge in [-0.1, -0.05) is 62.2 Å². The normalized spacial score (nSPS) is 21.1. The molecule has 0 saturated carbocycles. The fourth-order valence-electron chi connectivity index (χ4n) is 4.05. The second-order valence-electron chi connectivity index (χ2n) is 7.80. The number of nitrogens with one attached hydrogen (secondary N) is 1. The molecule has 0 aromatic heterocycles. The molecule has 0 aliphatic carbocycles. The van der Waals surface area contributed by atoms with Crippen LogP contribution in [0.2, 0.25) is 0 Å². The number of carbonyl (C=O) groups excluding carboxylic acids is 2. The Hall–Kier alpha value is -2.88. The molecule has 0 radical (unpaired) electrons. The fraction of sp³-hybridized carbons (Fsp3) is 0.231. The Bertz CT molecular complexity index is 1200. The van der Waals surface area contributed by atoms with Crippen LogP contribution in [-0.2, 0) is 29.4 Å². The lowest BCUT2D eigenvalue weighted by Crippen LogP contribution is -2.49. The van der Waals surface area contributed by atoms with Crippen LogP contribution in [0, 0.1) is 0 Å². The maximum Gasteiger partial charge on any atom is 0.345 e. The van der Waals surface area contributed by atoms with E-state index < -0.39 is 29.9 Å². The van der Waals surface area contributed by atoms with Crippen LogP contribution in [0.15, 0.2) is 81.7 Å². The molecule has 1 aliphatic heterocycles. The molecule has 0 fully saturated rings.